The molecule has 1 atom stereocenters. The first-order valence-electron chi connectivity index (χ1n) is 7.23. The molecule has 0 bridgehead atoms. The Morgan fingerprint density at radius 1 is 1.33 bits per heavy atom. The topological polar surface area (TPSA) is 72.9 Å². The molecular formula is C16H22N4O. The molecule has 2 rings (SSSR count). The number of carbonyl (C=O) groups is 1. The number of amides is 1. The van der Waals surface area contributed by atoms with Crippen LogP contribution in [0.2, 0.25) is 0 Å². The van der Waals surface area contributed by atoms with Gasteiger partial charge in [0.1, 0.15) is 0 Å². The van der Waals surface area contributed by atoms with Crippen molar-refractivity contribution in [2.45, 2.75) is 26.3 Å². The van der Waals surface area contributed by atoms with Crippen LogP contribution in [0.4, 0.5) is 0 Å². The third-order valence-electron chi connectivity index (χ3n) is 3.46. The van der Waals surface area contributed by atoms with Gasteiger partial charge in [-0.1, -0.05) is 32.0 Å². The Balaban J connectivity index is 2.08. The van der Waals surface area contributed by atoms with Crippen molar-refractivity contribution in [2.75, 3.05) is 6.54 Å². The Kier molecular flexibility index (Phi) is 5.11. The van der Waals surface area contributed by atoms with Crippen molar-refractivity contribution in [3.05, 3.63) is 48.3 Å². The van der Waals surface area contributed by atoms with E-state index in [0.717, 1.165) is 12.1 Å². The maximum Gasteiger partial charge on any atom is 0.254 e. The van der Waals surface area contributed by atoms with E-state index in [0.29, 0.717) is 18.0 Å². The van der Waals surface area contributed by atoms with Crippen LogP contribution in [0.25, 0.3) is 5.69 Å². The van der Waals surface area contributed by atoms with Gasteiger partial charge < -0.3 is 11.1 Å². The second-order valence-electron chi connectivity index (χ2n) is 5.41. The summed E-state index contributed by atoms with van der Waals surface area (Å²) in [6, 6.07) is 9.79. The number of aromatic nitrogens is 2. The molecule has 1 aromatic heterocycles. The van der Waals surface area contributed by atoms with E-state index in [-0.39, 0.29) is 11.9 Å². The van der Waals surface area contributed by atoms with Gasteiger partial charge in [0, 0.05) is 12.2 Å². The first-order valence-corrected chi connectivity index (χ1v) is 7.23. The summed E-state index contributed by atoms with van der Waals surface area (Å²) in [7, 11) is 0. The average molecular weight is 286 g/mol. The Labute approximate surface area is 125 Å². The number of hydrogen-bond donors (Lipinski definition) is 2. The molecular weight excluding hydrogens is 264 g/mol. The quantitative estimate of drug-likeness (QED) is 0.852. The summed E-state index contributed by atoms with van der Waals surface area (Å²) in [6.45, 7) is 4.72. The van der Waals surface area contributed by atoms with Crippen molar-refractivity contribution in [3.8, 4) is 5.69 Å². The molecule has 0 aliphatic carbocycles. The highest BCUT2D eigenvalue weighted by atomic mass is 16.1. The number of para-hydroxylation sites is 1. The van der Waals surface area contributed by atoms with Crippen molar-refractivity contribution in [2.24, 2.45) is 11.7 Å². The van der Waals surface area contributed by atoms with Gasteiger partial charge in [-0.3, -0.25) is 4.79 Å². The summed E-state index contributed by atoms with van der Waals surface area (Å²) >= 11 is 0. The SMILES string of the molecule is CC(C)C(CCN)NC(=O)c1cnn(-c2ccccc2)c1. The molecule has 1 amide bonds. The summed E-state index contributed by atoms with van der Waals surface area (Å²) in [4.78, 5) is 12.3. The van der Waals surface area contributed by atoms with Gasteiger partial charge >= 0.3 is 0 Å². The average Bonchev–Trinajstić information content (AvgIpc) is 2.97. The van der Waals surface area contributed by atoms with Crippen LogP contribution in [0.15, 0.2) is 42.7 Å². The van der Waals surface area contributed by atoms with Crippen LogP contribution in [0.1, 0.15) is 30.6 Å². The molecule has 1 unspecified atom stereocenters. The molecule has 0 radical (unpaired) electrons. The minimum Gasteiger partial charge on any atom is -0.349 e. The van der Waals surface area contributed by atoms with E-state index in [4.69, 9.17) is 5.73 Å². The molecule has 2 aromatic rings. The molecule has 0 aliphatic heterocycles. The molecule has 112 valence electrons. The van der Waals surface area contributed by atoms with Gasteiger partial charge in [0.15, 0.2) is 0 Å². The number of nitrogens with two attached hydrogens (primary N) is 1. The normalized spacial score (nSPS) is 12.4. The van der Waals surface area contributed by atoms with Crippen molar-refractivity contribution in [1.82, 2.24) is 15.1 Å². The number of hydrogen-bond acceptors (Lipinski definition) is 3. The predicted molar refractivity (Wildman–Crippen MR) is 83.3 cm³/mol. The maximum atomic E-state index is 12.3. The van der Waals surface area contributed by atoms with Gasteiger partial charge in [0.2, 0.25) is 0 Å². The van der Waals surface area contributed by atoms with Crippen LogP contribution in [-0.2, 0) is 0 Å². The molecule has 1 heterocycles. The van der Waals surface area contributed by atoms with Gasteiger partial charge in [0.25, 0.3) is 5.91 Å². The van der Waals surface area contributed by atoms with E-state index in [1.54, 1.807) is 17.1 Å². The number of carbonyl (C=O) groups excluding carboxylic acids is 1. The molecule has 0 aliphatic rings. The summed E-state index contributed by atoms with van der Waals surface area (Å²) in [5, 5.41) is 7.26. The minimum absolute atomic E-state index is 0.0857. The highest BCUT2D eigenvalue weighted by molar-refractivity contribution is 5.94. The van der Waals surface area contributed by atoms with E-state index in [2.05, 4.69) is 24.3 Å². The number of benzene rings is 1. The van der Waals surface area contributed by atoms with E-state index < -0.39 is 0 Å². The van der Waals surface area contributed by atoms with Crippen LogP contribution in [0.3, 0.4) is 0 Å². The fraction of sp³-hybridized carbons (Fsp3) is 0.375. The van der Waals surface area contributed by atoms with Gasteiger partial charge in [-0.25, -0.2) is 4.68 Å². The first kappa shape index (κ1) is 15.3. The molecule has 0 saturated heterocycles. The third kappa shape index (κ3) is 3.92. The predicted octanol–water partition coefficient (Wildman–Crippen LogP) is 1.98. The fourth-order valence-corrected chi connectivity index (χ4v) is 2.17. The lowest BCUT2D eigenvalue weighted by Crippen LogP contribution is -2.39. The zero-order valence-corrected chi connectivity index (χ0v) is 12.5. The van der Waals surface area contributed by atoms with E-state index in [1.807, 2.05) is 30.3 Å². The molecule has 0 spiro atoms. The van der Waals surface area contributed by atoms with Crippen LogP contribution < -0.4 is 11.1 Å². The molecule has 5 nitrogen and oxygen atoms in total. The van der Waals surface area contributed by atoms with Crippen LogP contribution in [0.5, 0.6) is 0 Å². The number of rotatable bonds is 6. The number of nitrogens with zero attached hydrogens (tertiary/aromatic N) is 2. The van der Waals surface area contributed by atoms with Crippen molar-refractivity contribution >= 4 is 5.91 Å². The first-order chi connectivity index (χ1) is 10.1. The molecule has 3 N–H and O–H groups in total. The highest BCUT2D eigenvalue weighted by Crippen LogP contribution is 2.10. The van der Waals surface area contributed by atoms with E-state index in [9.17, 15) is 4.79 Å². The minimum atomic E-state index is -0.107. The van der Waals surface area contributed by atoms with Gasteiger partial charge in [-0.15, -0.1) is 0 Å². The Bertz CT molecular complexity index is 577. The number of nitrogens with one attached hydrogen (secondary N) is 1. The van der Waals surface area contributed by atoms with Gasteiger partial charge in [0.05, 0.1) is 17.4 Å². The van der Waals surface area contributed by atoms with Gasteiger partial charge in [-0.05, 0) is 31.0 Å². The van der Waals surface area contributed by atoms with Gasteiger partial charge in [-0.2, -0.15) is 5.10 Å². The fourth-order valence-electron chi connectivity index (χ4n) is 2.17. The molecule has 21 heavy (non-hydrogen) atoms. The van der Waals surface area contributed by atoms with Crippen molar-refractivity contribution in [3.63, 3.8) is 0 Å². The third-order valence-corrected chi connectivity index (χ3v) is 3.46. The lowest BCUT2D eigenvalue weighted by Gasteiger charge is -2.21. The second-order valence-corrected chi connectivity index (χ2v) is 5.41. The standard InChI is InChI=1S/C16H22N4O/c1-12(2)15(8-9-17)19-16(21)13-10-18-20(11-13)14-6-4-3-5-7-14/h3-7,10-12,15H,8-9,17H2,1-2H3,(H,19,21). The largest absolute Gasteiger partial charge is 0.349 e. The Morgan fingerprint density at radius 3 is 2.67 bits per heavy atom. The molecule has 5 heteroatoms. The molecule has 0 fully saturated rings. The summed E-state index contributed by atoms with van der Waals surface area (Å²) < 4.78 is 1.70. The van der Waals surface area contributed by atoms with E-state index >= 15 is 0 Å². The monoisotopic (exact) mass is 286 g/mol. The van der Waals surface area contributed by atoms with Crippen LogP contribution in [0, 0.1) is 5.92 Å². The lowest BCUT2D eigenvalue weighted by molar-refractivity contribution is 0.0924. The summed E-state index contributed by atoms with van der Waals surface area (Å²) in [6.07, 6.45) is 4.10. The molecule has 0 saturated carbocycles. The second kappa shape index (κ2) is 7.04. The lowest BCUT2D eigenvalue weighted by atomic mass is 10.0. The maximum absolute atomic E-state index is 12.3. The Morgan fingerprint density at radius 2 is 2.05 bits per heavy atom. The highest BCUT2D eigenvalue weighted by Gasteiger charge is 2.17. The summed E-state index contributed by atoms with van der Waals surface area (Å²) in [5.41, 5.74) is 7.08. The smallest absolute Gasteiger partial charge is 0.254 e. The zero-order valence-electron chi connectivity index (χ0n) is 12.5. The summed E-state index contributed by atoms with van der Waals surface area (Å²) in [5.74, 6) is 0.242. The van der Waals surface area contributed by atoms with Crippen LogP contribution >= 0.6 is 0 Å². The van der Waals surface area contributed by atoms with Crippen LogP contribution in [-0.4, -0.2) is 28.3 Å². The zero-order chi connectivity index (χ0) is 15.2. The molecule has 1 aromatic carbocycles. The Hall–Kier alpha value is -2.14. The van der Waals surface area contributed by atoms with Crippen molar-refractivity contribution in [1.29, 1.82) is 0 Å². The van der Waals surface area contributed by atoms with Crippen molar-refractivity contribution < 1.29 is 4.79 Å². The van der Waals surface area contributed by atoms with E-state index in [1.165, 1.54) is 0 Å².